The van der Waals surface area contributed by atoms with Gasteiger partial charge in [-0.3, -0.25) is 4.68 Å². The highest BCUT2D eigenvalue weighted by Gasteiger charge is 2.07. The highest BCUT2D eigenvalue weighted by atomic mass is 16.5. The molecule has 0 saturated carbocycles. The van der Waals surface area contributed by atoms with Crippen molar-refractivity contribution in [2.45, 2.75) is 46.3 Å². The zero-order valence-corrected chi connectivity index (χ0v) is 10.8. The quantitative estimate of drug-likeness (QED) is 0.766. The van der Waals surface area contributed by atoms with Gasteiger partial charge in [0.1, 0.15) is 0 Å². The van der Waals surface area contributed by atoms with Crippen LogP contribution in [0, 0.1) is 0 Å². The van der Waals surface area contributed by atoms with Gasteiger partial charge < -0.3 is 10.1 Å². The van der Waals surface area contributed by atoms with Crippen LogP contribution < -0.4 is 5.32 Å². The Balaban J connectivity index is 2.54. The number of methoxy groups -OCH3 is 1. The van der Waals surface area contributed by atoms with E-state index in [0.29, 0.717) is 6.04 Å². The highest BCUT2D eigenvalue weighted by Crippen LogP contribution is 2.05. The predicted octanol–water partition coefficient (Wildman–Crippen LogP) is 1.59. The third-order valence-corrected chi connectivity index (χ3v) is 2.62. The van der Waals surface area contributed by atoms with Crippen LogP contribution in [0.3, 0.4) is 0 Å². The molecule has 16 heavy (non-hydrogen) atoms. The molecule has 4 heteroatoms. The summed E-state index contributed by atoms with van der Waals surface area (Å²) in [5.41, 5.74) is 2.42. The summed E-state index contributed by atoms with van der Waals surface area (Å²) in [6.07, 6.45) is 0.994. The van der Waals surface area contributed by atoms with Gasteiger partial charge in [-0.25, -0.2) is 0 Å². The molecule has 0 fully saturated rings. The standard InChI is InChI=1S/C12H23N3O/c1-5-11-7-12(15(6-2)14-11)8-13-10(3)9-16-4/h7,10,13H,5-6,8-9H2,1-4H3. The predicted molar refractivity (Wildman–Crippen MR) is 65.5 cm³/mol. The second-order valence-corrected chi connectivity index (χ2v) is 4.03. The topological polar surface area (TPSA) is 39.1 Å². The van der Waals surface area contributed by atoms with Gasteiger partial charge in [0.05, 0.1) is 18.0 Å². The van der Waals surface area contributed by atoms with Crippen LogP contribution in [0.15, 0.2) is 6.07 Å². The summed E-state index contributed by atoms with van der Waals surface area (Å²) in [4.78, 5) is 0. The minimum absolute atomic E-state index is 0.371. The summed E-state index contributed by atoms with van der Waals surface area (Å²) in [7, 11) is 1.73. The first-order valence-electron chi connectivity index (χ1n) is 5.99. The fraction of sp³-hybridized carbons (Fsp3) is 0.750. The van der Waals surface area contributed by atoms with Gasteiger partial charge in [0.25, 0.3) is 0 Å². The summed E-state index contributed by atoms with van der Waals surface area (Å²) in [6.45, 7) is 8.89. The SMILES string of the molecule is CCc1cc(CNC(C)COC)n(CC)n1. The Labute approximate surface area is 98.0 Å². The van der Waals surface area contributed by atoms with Crippen molar-refractivity contribution in [3.63, 3.8) is 0 Å². The van der Waals surface area contributed by atoms with Crippen LogP contribution in [0.25, 0.3) is 0 Å². The highest BCUT2D eigenvalue weighted by molar-refractivity contribution is 5.10. The number of nitrogens with zero attached hydrogens (tertiary/aromatic N) is 2. The van der Waals surface area contributed by atoms with E-state index >= 15 is 0 Å². The van der Waals surface area contributed by atoms with Gasteiger partial charge in [-0.15, -0.1) is 0 Å². The molecule has 0 bridgehead atoms. The van der Waals surface area contributed by atoms with Crippen molar-refractivity contribution in [3.8, 4) is 0 Å². The zero-order chi connectivity index (χ0) is 12.0. The van der Waals surface area contributed by atoms with Crippen molar-refractivity contribution in [3.05, 3.63) is 17.5 Å². The molecule has 0 aromatic carbocycles. The van der Waals surface area contributed by atoms with E-state index in [2.05, 4.69) is 41.9 Å². The molecular formula is C12H23N3O. The summed E-state index contributed by atoms with van der Waals surface area (Å²) in [5.74, 6) is 0. The molecule has 92 valence electrons. The van der Waals surface area contributed by atoms with Gasteiger partial charge in [0.2, 0.25) is 0 Å². The van der Waals surface area contributed by atoms with E-state index < -0.39 is 0 Å². The van der Waals surface area contributed by atoms with E-state index in [0.717, 1.165) is 31.8 Å². The number of nitrogens with one attached hydrogen (secondary N) is 1. The maximum absolute atomic E-state index is 5.09. The van der Waals surface area contributed by atoms with Crippen LogP contribution in [0.4, 0.5) is 0 Å². The first-order valence-corrected chi connectivity index (χ1v) is 5.99. The molecule has 1 unspecified atom stereocenters. The number of aryl methyl sites for hydroxylation is 2. The van der Waals surface area contributed by atoms with E-state index in [9.17, 15) is 0 Å². The maximum Gasteiger partial charge on any atom is 0.0625 e. The molecule has 0 radical (unpaired) electrons. The molecule has 0 aliphatic rings. The fourth-order valence-electron chi connectivity index (χ4n) is 1.69. The Kier molecular flexibility index (Phi) is 5.49. The van der Waals surface area contributed by atoms with Gasteiger partial charge in [-0.1, -0.05) is 6.92 Å². The Bertz CT molecular complexity index is 309. The number of aromatic nitrogens is 2. The van der Waals surface area contributed by atoms with Crippen molar-refractivity contribution in [2.75, 3.05) is 13.7 Å². The number of hydrogen-bond donors (Lipinski definition) is 1. The zero-order valence-electron chi connectivity index (χ0n) is 10.8. The van der Waals surface area contributed by atoms with Crippen LogP contribution in [-0.4, -0.2) is 29.5 Å². The molecule has 0 amide bonds. The van der Waals surface area contributed by atoms with Crippen LogP contribution >= 0.6 is 0 Å². The molecule has 1 rings (SSSR count). The Hall–Kier alpha value is -0.870. The fourth-order valence-corrected chi connectivity index (χ4v) is 1.69. The average molecular weight is 225 g/mol. The summed E-state index contributed by atoms with van der Waals surface area (Å²) in [6, 6.07) is 2.55. The van der Waals surface area contributed by atoms with Crippen molar-refractivity contribution < 1.29 is 4.74 Å². The lowest BCUT2D eigenvalue weighted by Crippen LogP contribution is -2.30. The van der Waals surface area contributed by atoms with E-state index in [-0.39, 0.29) is 0 Å². The van der Waals surface area contributed by atoms with Crippen molar-refractivity contribution in [1.29, 1.82) is 0 Å². The van der Waals surface area contributed by atoms with Gasteiger partial charge in [-0.2, -0.15) is 5.10 Å². The van der Waals surface area contributed by atoms with Gasteiger partial charge in [-0.05, 0) is 26.3 Å². The minimum atomic E-state index is 0.371. The smallest absolute Gasteiger partial charge is 0.0625 e. The first kappa shape index (κ1) is 13.2. The van der Waals surface area contributed by atoms with Crippen LogP contribution in [0.2, 0.25) is 0 Å². The Morgan fingerprint density at radius 3 is 2.81 bits per heavy atom. The molecular weight excluding hydrogens is 202 g/mol. The number of ether oxygens (including phenoxy) is 1. The van der Waals surface area contributed by atoms with Gasteiger partial charge in [0, 0.05) is 26.2 Å². The van der Waals surface area contributed by atoms with E-state index in [4.69, 9.17) is 4.74 Å². The van der Waals surface area contributed by atoms with E-state index in [1.54, 1.807) is 7.11 Å². The molecule has 4 nitrogen and oxygen atoms in total. The van der Waals surface area contributed by atoms with Crippen molar-refractivity contribution >= 4 is 0 Å². The minimum Gasteiger partial charge on any atom is -0.383 e. The Morgan fingerprint density at radius 2 is 2.25 bits per heavy atom. The van der Waals surface area contributed by atoms with E-state index in [1.165, 1.54) is 5.69 Å². The summed E-state index contributed by atoms with van der Waals surface area (Å²) in [5, 5.41) is 7.94. The second kappa shape index (κ2) is 6.66. The molecule has 1 aromatic heterocycles. The average Bonchev–Trinajstić information content (AvgIpc) is 2.69. The molecule has 1 heterocycles. The van der Waals surface area contributed by atoms with Crippen molar-refractivity contribution in [1.82, 2.24) is 15.1 Å². The molecule has 1 aromatic rings. The molecule has 1 N–H and O–H groups in total. The van der Waals surface area contributed by atoms with Crippen LogP contribution in [0.5, 0.6) is 0 Å². The molecule has 0 aliphatic heterocycles. The number of hydrogen-bond acceptors (Lipinski definition) is 3. The van der Waals surface area contributed by atoms with E-state index in [1.807, 2.05) is 0 Å². The molecule has 0 spiro atoms. The number of rotatable bonds is 7. The monoisotopic (exact) mass is 225 g/mol. The Morgan fingerprint density at radius 1 is 1.50 bits per heavy atom. The van der Waals surface area contributed by atoms with Gasteiger partial charge >= 0.3 is 0 Å². The molecule has 0 saturated heterocycles. The summed E-state index contributed by atoms with van der Waals surface area (Å²) < 4.78 is 7.15. The van der Waals surface area contributed by atoms with Crippen LogP contribution in [0.1, 0.15) is 32.2 Å². The lowest BCUT2D eigenvalue weighted by molar-refractivity contribution is 0.171. The van der Waals surface area contributed by atoms with Crippen LogP contribution in [-0.2, 0) is 24.2 Å². The lowest BCUT2D eigenvalue weighted by atomic mass is 10.3. The maximum atomic E-state index is 5.09. The third-order valence-electron chi connectivity index (χ3n) is 2.62. The second-order valence-electron chi connectivity index (χ2n) is 4.03. The molecule has 1 atom stereocenters. The largest absolute Gasteiger partial charge is 0.383 e. The van der Waals surface area contributed by atoms with Gasteiger partial charge in [0.15, 0.2) is 0 Å². The molecule has 0 aliphatic carbocycles. The third kappa shape index (κ3) is 3.61. The first-order chi connectivity index (χ1) is 7.71. The summed E-state index contributed by atoms with van der Waals surface area (Å²) >= 11 is 0. The normalized spacial score (nSPS) is 13.0. The van der Waals surface area contributed by atoms with Crippen molar-refractivity contribution in [2.24, 2.45) is 0 Å². The lowest BCUT2D eigenvalue weighted by Gasteiger charge is -2.12.